The zero-order valence-corrected chi connectivity index (χ0v) is 17.1. The van der Waals surface area contributed by atoms with Gasteiger partial charge in [-0.25, -0.2) is 0 Å². The van der Waals surface area contributed by atoms with Crippen LogP contribution in [0.25, 0.3) is 11.4 Å². The highest BCUT2D eigenvalue weighted by Gasteiger charge is 2.15. The van der Waals surface area contributed by atoms with Crippen LogP contribution in [0.3, 0.4) is 0 Å². The van der Waals surface area contributed by atoms with Crippen molar-refractivity contribution in [3.8, 4) is 11.4 Å². The molecule has 3 rings (SSSR count). The molecule has 0 aliphatic heterocycles. The van der Waals surface area contributed by atoms with E-state index in [0.29, 0.717) is 22.4 Å². The fourth-order valence-corrected chi connectivity index (χ4v) is 3.62. The predicted molar refractivity (Wildman–Crippen MR) is 110 cm³/mol. The number of hydrogen-bond donors (Lipinski definition) is 1. The van der Waals surface area contributed by atoms with Crippen LogP contribution in [0.2, 0.25) is 5.02 Å². The molecule has 0 unspecified atom stereocenters. The van der Waals surface area contributed by atoms with E-state index in [0.717, 1.165) is 15.9 Å². The summed E-state index contributed by atoms with van der Waals surface area (Å²) in [5, 5.41) is 12.6. The summed E-state index contributed by atoms with van der Waals surface area (Å²) in [5.41, 5.74) is 1.59. The molecular weight excluding hydrogens is 436 g/mol. The Labute approximate surface area is 169 Å². The van der Waals surface area contributed by atoms with Crippen molar-refractivity contribution >= 4 is 50.9 Å². The molecule has 0 spiro atoms. The van der Waals surface area contributed by atoms with E-state index in [1.54, 1.807) is 12.1 Å². The summed E-state index contributed by atoms with van der Waals surface area (Å²) in [7, 11) is 0. The largest absolute Gasteiger partial charge is 0.324 e. The van der Waals surface area contributed by atoms with Gasteiger partial charge in [-0.15, -0.1) is 10.2 Å². The molecule has 0 saturated carbocycles. The van der Waals surface area contributed by atoms with Gasteiger partial charge in [0.25, 0.3) is 0 Å². The van der Waals surface area contributed by atoms with Crippen molar-refractivity contribution in [3.05, 3.63) is 58.0 Å². The van der Waals surface area contributed by atoms with E-state index in [2.05, 4.69) is 31.4 Å². The van der Waals surface area contributed by atoms with E-state index in [9.17, 15) is 4.79 Å². The second-order valence-electron chi connectivity index (χ2n) is 5.37. The number of nitrogens with one attached hydrogen (secondary N) is 1. The molecule has 1 N–H and O–H groups in total. The van der Waals surface area contributed by atoms with Crippen molar-refractivity contribution in [1.29, 1.82) is 0 Å². The Morgan fingerprint density at radius 2 is 1.92 bits per heavy atom. The summed E-state index contributed by atoms with van der Waals surface area (Å²) >= 11 is 10.8. The maximum Gasteiger partial charge on any atom is 0.234 e. The van der Waals surface area contributed by atoms with Gasteiger partial charge < -0.3 is 9.88 Å². The molecule has 0 radical (unpaired) electrons. The molecule has 1 heterocycles. The number of para-hydroxylation sites is 1. The Hall–Kier alpha value is -1.83. The van der Waals surface area contributed by atoms with Crippen LogP contribution in [-0.4, -0.2) is 26.4 Å². The van der Waals surface area contributed by atoms with Crippen molar-refractivity contribution in [1.82, 2.24) is 14.8 Å². The number of rotatable bonds is 6. The second kappa shape index (κ2) is 8.70. The van der Waals surface area contributed by atoms with Gasteiger partial charge in [0.2, 0.25) is 5.91 Å². The number of thioether (sulfide) groups is 1. The molecular formula is C18H16BrClN4OS. The Morgan fingerprint density at radius 3 is 2.62 bits per heavy atom. The highest BCUT2D eigenvalue weighted by molar-refractivity contribution is 9.10. The second-order valence-corrected chi connectivity index (χ2v) is 7.64. The van der Waals surface area contributed by atoms with E-state index >= 15 is 0 Å². The lowest BCUT2D eigenvalue weighted by molar-refractivity contribution is -0.113. The normalized spacial score (nSPS) is 10.7. The summed E-state index contributed by atoms with van der Waals surface area (Å²) in [6.45, 7) is 2.74. The van der Waals surface area contributed by atoms with Gasteiger partial charge in [0, 0.05) is 16.6 Å². The van der Waals surface area contributed by atoms with Crippen LogP contribution in [0.5, 0.6) is 0 Å². The van der Waals surface area contributed by atoms with E-state index in [4.69, 9.17) is 11.6 Å². The average molecular weight is 452 g/mol. The first kappa shape index (κ1) is 18.9. The molecule has 0 saturated heterocycles. The summed E-state index contributed by atoms with van der Waals surface area (Å²) in [6.07, 6.45) is 0. The fourth-order valence-electron chi connectivity index (χ4n) is 2.37. The molecule has 0 bridgehead atoms. The molecule has 5 nitrogen and oxygen atoms in total. The van der Waals surface area contributed by atoms with Gasteiger partial charge in [-0.1, -0.05) is 63.6 Å². The van der Waals surface area contributed by atoms with Crippen LogP contribution < -0.4 is 5.32 Å². The average Bonchev–Trinajstić information content (AvgIpc) is 3.05. The molecule has 26 heavy (non-hydrogen) atoms. The Balaban J connectivity index is 1.69. The monoisotopic (exact) mass is 450 g/mol. The molecule has 0 atom stereocenters. The minimum atomic E-state index is -0.140. The minimum Gasteiger partial charge on any atom is -0.324 e. The lowest BCUT2D eigenvalue weighted by Crippen LogP contribution is -2.15. The number of nitrogens with zero attached hydrogens (tertiary/aromatic N) is 3. The van der Waals surface area contributed by atoms with E-state index in [1.165, 1.54) is 11.8 Å². The van der Waals surface area contributed by atoms with Crippen molar-refractivity contribution in [3.63, 3.8) is 0 Å². The minimum absolute atomic E-state index is 0.140. The first-order valence-corrected chi connectivity index (χ1v) is 10.1. The number of anilines is 1. The van der Waals surface area contributed by atoms with Gasteiger partial charge in [-0.2, -0.15) is 0 Å². The van der Waals surface area contributed by atoms with E-state index in [-0.39, 0.29) is 11.7 Å². The lowest BCUT2D eigenvalue weighted by atomic mass is 10.2. The van der Waals surface area contributed by atoms with Crippen LogP contribution in [0, 0.1) is 0 Å². The van der Waals surface area contributed by atoms with E-state index in [1.807, 2.05) is 47.9 Å². The third-order valence-corrected chi connectivity index (χ3v) is 5.44. The number of halogens is 2. The Bertz CT molecular complexity index is 914. The molecule has 0 fully saturated rings. The fraction of sp³-hybridized carbons (Fsp3) is 0.167. The van der Waals surface area contributed by atoms with Crippen LogP contribution in [0.1, 0.15) is 6.92 Å². The quantitative estimate of drug-likeness (QED) is 0.529. The number of aromatic nitrogens is 3. The summed E-state index contributed by atoms with van der Waals surface area (Å²) < 4.78 is 3.01. The summed E-state index contributed by atoms with van der Waals surface area (Å²) in [4.78, 5) is 12.2. The van der Waals surface area contributed by atoms with Crippen molar-refractivity contribution < 1.29 is 4.79 Å². The summed E-state index contributed by atoms with van der Waals surface area (Å²) in [5.74, 6) is 0.872. The number of carbonyl (C=O) groups excluding carboxylic acids is 1. The van der Waals surface area contributed by atoms with Gasteiger partial charge in [0.15, 0.2) is 11.0 Å². The van der Waals surface area contributed by atoms with Crippen molar-refractivity contribution in [2.24, 2.45) is 0 Å². The Kier molecular flexibility index (Phi) is 6.34. The Morgan fingerprint density at radius 1 is 1.19 bits per heavy atom. The molecule has 134 valence electrons. The first-order chi connectivity index (χ1) is 12.6. The zero-order valence-electron chi connectivity index (χ0n) is 13.9. The SMILES string of the molecule is CCn1c(SCC(=O)Nc2ccccc2Cl)nnc1-c1ccc(Br)cc1. The van der Waals surface area contributed by atoms with Crippen LogP contribution in [0.4, 0.5) is 5.69 Å². The smallest absolute Gasteiger partial charge is 0.234 e. The number of benzene rings is 2. The van der Waals surface area contributed by atoms with Crippen molar-refractivity contribution in [2.75, 3.05) is 11.1 Å². The van der Waals surface area contributed by atoms with Gasteiger partial charge in [-0.05, 0) is 31.2 Å². The zero-order chi connectivity index (χ0) is 18.5. The summed E-state index contributed by atoms with van der Waals surface area (Å²) in [6, 6.07) is 15.1. The van der Waals surface area contributed by atoms with Crippen LogP contribution in [-0.2, 0) is 11.3 Å². The third kappa shape index (κ3) is 4.47. The molecule has 3 aromatic rings. The first-order valence-electron chi connectivity index (χ1n) is 7.94. The number of amides is 1. The number of hydrogen-bond acceptors (Lipinski definition) is 4. The van der Waals surface area contributed by atoms with Crippen molar-refractivity contribution in [2.45, 2.75) is 18.6 Å². The molecule has 8 heteroatoms. The lowest BCUT2D eigenvalue weighted by Gasteiger charge is -2.08. The van der Waals surface area contributed by atoms with Gasteiger partial charge >= 0.3 is 0 Å². The standard InChI is InChI=1S/C18H16BrClN4OS/c1-2-24-17(12-7-9-13(19)10-8-12)22-23-18(24)26-11-16(25)21-15-6-4-3-5-14(15)20/h3-10H,2,11H2,1H3,(H,21,25). The highest BCUT2D eigenvalue weighted by atomic mass is 79.9. The maximum atomic E-state index is 12.2. The maximum absolute atomic E-state index is 12.2. The molecule has 0 aliphatic carbocycles. The van der Waals surface area contributed by atoms with Gasteiger partial charge in [-0.3, -0.25) is 4.79 Å². The van der Waals surface area contributed by atoms with Crippen LogP contribution >= 0.6 is 39.3 Å². The molecule has 0 aliphatic rings. The molecule has 1 amide bonds. The van der Waals surface area contributed by atoms with Gasteiger partial charge in [0.05, 0.1) is 16.5 Å². The van der Waals surface area contributed by atoms with Gasteiger partial charge in [0.1, 0.15) is 0 Å². The molecule has 2 aromatic carbocycles. The van der Waals surface area contributed by atoms with E-state index < -0.39 is 0 Å². The van der Waals surface area contributed by atoms with Crippen LogP contribution in [0.15, 0.2) is 58.2 Å². The third-order valence-electron chi connectivity index (χ3n) is 3.62. The number of carbonyl (C=O) groups is 1. The predicted octanol–water partition coefficient (Wildman–Crippen LogP) is 5.11. The molecule has 1 aromatic heterocycles. The topological polar surface area (TPSA) is 59.8 Å². The highest BCUT2D eigenvalue weighted by Crippen LogP contribution is 2.26.